The topological polar surface area (TPSA) is 83.6 Å². The molecule has 21 heavy (non-hydrogen) atoms. The van der Waals surface area contributed by atoms with Crippen LogP contribution in [-0.2, 0) is 23.1 Å². The Bertz CT molecular complexity index is 669. The molecule has 0 aliphatic rings. The number of nitrogens with zero attached hydrogens (tertiary/aromatic N) is 1. The Morgan fingerprint density at radius 2 is 1.86 bits per heavy atom. The molecular weight excluding hydrogens is 308 g/mol. The molecule has 0 bridgehead atoms. The number of rotatable bonds is 7. The first kappa shape index (κ1) is 16.1. The monoisotopic (exact) mass is 326 g/mol. The van der Waals surface area contributed by atoms with Crippen LogP contribution in [0.4, 0.5) is 0 Å². The summed E-state index contributed by atoms with van der Waals surface area (Å²) in [6, 6.07) is 12.6. The first-order chi connectivity index (χ1) is 10.1. The number of aliphatic hydroxyl groups is 1. The van der Waals surface area contributed by atoms with Gasteiger partial charge in [-0.1, -0.05) is 30.3 Å². The van der Waals surface area contributed by atoms with Crippen LogP contribution in [0.1, 0.15) is 10.4 Å². The zero-order chi connectivity index (χ0) is 15.3. The van der Waals surface area contributed by atoms with Gasteiger partial charge >= 0.3 is 0 Å². The van der Waals surface area contributed by atoms with Gasteiger partial charge in [0.15, 0.2) is 0 Å². The predicted octanol–water partition coefficient (Wildman–Crippen LogP) is 1.39. The molecule has 2 aromatic rings. The molecule has 0 saturated carbocycles. The predicted molar refractivity (Wildman–Crippen MR) is 83.3 cm³/mol. The van der Waals surface area contributed by atoms with Gasteiger partial charge in [0.05, 0.1) is 6.61 Å². The molecule has 0 aliphatic heterocycles. The molecule has 2 rings (SSSR count). The summed E-state index contributed by atoms with van der Waals surface area (Å²) >= 11 is 1.17. The van der Waals surface area contributed by atoms with E-state index in [1.807, 2.05) is 30.3 Å². The van der Waals surface area contributed by atoms with Gasteiger partial charge in [-0.25, -0.2) is 8.42 Å². The van der Waals surface area contributed by atoms with Crippen molar-refractivity contribution in [3.05, 3.63) is 52.9 Å². The van der Waals surface area contributed by atoms with Gasteiger partial charge < -0.3 is 10.8 Å². The molecular formula is C14H18N2O3S2. The molecule has 1 aromatic heterocycles. The molecule has 0 spiro atoms. The number of hydrogen-bond acceptors (Lipinski definition) is 5. The van der Waals surface area contributed by atoms with Gasteiger partial charge in [-0.05, 0) is 17.7 Å². The van der Waals surface area contributed by atoms with E-state index in [9.17, 15) is 8.42 Å². The van der Waals surface area contributed by atoms with Crippen molar-refractivity contribution >= 4 is 21.4 Å². The van der Waals surface area contributed by atoms with Crippen LogP contribution in [0, 0.1) is 0 Å². The summed E-state index contributed by atoms with van der Waals surface area (Å²) < 4.78 is 26.8. The fourth-order valence-corrected chi connectivity index (χ4v) is 4.72. The summed E-state index contributed by atoms with van der Waals surface area (Å²) in [7, 11) is -3.61. The first-order valence-electron chi connectivity index (χ1n) is 6.51. The lowest BCUT2D eigenvalue weighted by Crippen LogP contribution is -2.32. The normalized spacial score (nSPS) is 12.0. The lowest BCUT2D eigenvalue weighted by atomic mass is 10.2. The molecule has 0 radical (unpaired) electrons. The fraction of sp³-hybridized carbons (Fsp3) is 0.286. The van der Waals surface area contributed by atoms with Gasteiger partial charge in [-0.3, -0.25) is 0 Å². The van der Waals surface area contributed by atoms with E-state index in [-0.39, 0.29) is 23.9 Å². The van der Waals surface area contributed by atoms with Crippen molar-refractivity contribution in [2.75, 3.05) is 13.2 Å². The lowest BCUT2D eigenvalue weighted by Gasteiger charge is -2.20. The highest BCUT2D eigenvalue weighted by Crippen LogP contribution is 2.25. The zero-order valence-electron chi connectivity index (χ0n) is 11.5. The molecule has 0 saturated heterocycles. The maximum absolute atomic E-state index is 12.6. The maximum Gasteiger partial charge on any atom is 0.252 e. The van der Waals surface area contributed by atoms with E-state index < -0.39 is 10.0 Å². The number of nitrogens with two attached hydrogens (primary N) is 1. The van der Waals surface area contributed by atoms with Crippen LogP contribution in [0.2, 0.25) is 0 Å². The molecule has 0 atom stereocenters. The van der Waals surface area contributed by atoms with Crippen LogP contribution in [0.3, 0.4) is 0 Å². The number of aliphatic hydroxyl groups excluding tert-OH is 1. The fourth-order valence-electron chi connectivity index (χ4n) is 1.92. The number of thiophene rings is 1. The van der Waals surface area contributed by atoms with E-state index in [1.165, 1.54) is 15.6 Å². The Balaban J connectivity index is 2.27. The van der Waals surface area contributed by atoms with E-state index in [4.69, 9.17) is 10.8 Å². The van der Waals surface area contributed by atoms with Gasteiger partial charge in [0.1, 0.15) is 4.21 Å². The van der Waals surface area contributed by atoms with E-state index in [0.29, 0.717) is 6.54 Å². The van der Waals surface area contributed by atoms with Crippen LogP contribution < -0.4 is 5.73 Å². The number of benzene rings is 1. The third-order valence-corrected chi connectivity index (χ3v) is 6.40. The quantitative estimate of drug-likeness (QED) is 0.805. The molecule has 7 heteroatoms. The molecule has 0 aliphatic carbocycles. The molecule has 3 N–H and O–H groups in total. The molecule has 0 amide bonds. The minimum Gasteiger partial charge on any atom is -0.395 e. The van der Waals surface area contributed by atoms with Crippen molar-refractivity contribution in [3.8, 4) is 0 Å². The molecule has 1 aromatic carbocycles. The summed E-state index contributed by atoms with van der Waals surface area (Å²) in [4.78, 5) is 0.817. The Hall–Kier alpha value is -1.25. The highest BCUT2D eigenvalue weighted by atomic mass is 32.2. The second-order valence-electron chi connectivity index (χ2n) is 4.47. The highest BCUT2D eigenvalue weighted by molar-refractivity contribution is 7.91. The van der Waals surface area contributed by atoms with Crippen LogP contribution in [0.15, 0.2) is 46.7 Å². The van der Waals surface area contributed by atoms with E-state index in [2.05, 4.69) is 0 Å². The number of sulfonamides is 1. The largest absolute Gasteiger partial charge is 0.395 e. The van der Waals surface area contributed by atoms with Gasteiger partial charge in [0, 0.05) is 24.5 Å². The summed E-state index contributed by atoms with van der Waals surface area (Å²) in [5.74, 6) is 0. The number of hydrogen-bond donors (Lipinski definition) is 2. The van der Waals surface area contributed by atoms with Gasteiger partial charge in [-0.15, -0.1) is 11.3 Å². The molecule has 1 heterocycles. The maximum atomic E-state index is 12.6. The second kappa shape index (κ2) is 7.15. The summed E-state index contributed by atoms with van der Waals surface area (Å²) in [6.07, 6.45) is 0. The Morgan fingerprint density at radius 3 is 2.43 bits per heavy atom. The van der Waals surface area contributed by atoms with Crippen molar-refractivity contribution < 1.29 is 13.5 Å². The Labute approximate surface area is 128 Å². The molecule has 0 fully saturated rings. The SMILES string of the molecule is NCc1ccc(S(=O)(=O)N(CCO)Cc2ccccc2)s1. The van der Waals surface area contributed by atoms with Crippen molar-refractivity contribution in [2.24, 2.45) is 5.73 Å². The van der Waals surface area contributed by atoms with E-state index in [0.717, 1.165) is 10.4 Å². The van der Waals surface area contributed by atoms with Crippen molar-refractivity contribution in [3.63, 3.8) is 0 Å². The van der Waals surface area contributed by atoms with Crippen LogP contribution in [0.5, 0.6) is 0 Å². The zero-order valence-corrected chi connectivity index (χ0v) is 13.1. The summed E-state index contributed by atoms with van der Waals surface area (Å²) in [5, 5.41) is 9.15. The van der Waals surface area contributed by atoms with Gasteiger partial charge in [0.25, 0.3) is 10.0 Å². The Morgan fingerprint density at radius 1 is 1.14 bits per heavy atom. The average Bonchev–Trinajstić information content (AvgIpc) is 2.97. The van der Waals surface area contributed by atoms with Crippen molar-refractivity contribution in [1.82, 2.24) is 4.31 Å². The van der Waals surface area contributed by atoms with Crippen molar-refractivity contribution in [1.29, 1.82) is 0 Å². The van der Waals surface area contributed by atoms with Crippen molar-refractivity contribution in [2.45, 2.75) is 17.3 Å². The van der Waals surface area contributed by atoms with E-state index in [1.54, 1.807) is 12.1 Å². The van der Waals surface area contributed by atoms with Gasteiger partial charge in [-0.2, -0.15) is 4.31 Å². The van der Waals surface area contributed by atoms with Crippen LogP contribution in [0.25, 0.3) is 0 Å². The minimum atomic E-state index is -3.61. The lowest BCUT2D eigenvalue weighted by molar-refractivity contribution is 0.251. The standard InChI is InChI=1S/C14H18N2O3S2/c15-10-13-6-7-14(20-13)21(18,19)16(8-9-17)11-12-4-2-1-3-5-12/h1-7,17H,8-11,15H2. The smallest absolute Gasteiger partial charge is 0.252 e. The average molecular weight is 326 g/mol. The first-order valence-corrected chi connectivity index (χ1v) is 8.77. The minimum absolute atomic E-state index is 0.0626. The molecule has 0 unspecified atom stereocenters. The summed E-state index contributed by atoms with van der Waals surface area (Å²) in [6.45, 7) is 0.396. The molecule has 114 valence electrons. The highest BCUT2D eigenvalue weighted by Gasteiger charge is 2.25. The Kier molecular flexibility index (Phi) is 5.49. The van der Waals surface area contributed by atoms with Gasteiger partial charge in [0.2, 0.25) is 0 Å². The van der Waals surface area contributed by atoms with Crippen LogP contribution in [-0.4, -0.2) is 31.0 Å². The second-order valence-corrected chi connectivity index (χ2v) is 7.81. The third kappa shape index (κ3) is 3.90. The van der Waals surface area contributed by atoms with Crippen LogP contribution >= 0.6 is 11.3 Å². The summed E-state index contributed by atoms with van der Waals surface area (Å²) in [5.41, 5.74) is 6.41. The molecule has 5 nitrogen and oxygen atoms in total. The third-order valence-electron chi connectivity index (χ3n) is 2.98. The van der Waals surface area contributed by atoms with E-state index >= 15 is 0 Å².